The molecule has 1 amide bonds. The van der Waals surface area contributed by atoms with Gasteiger partial charge in [-0.3, -0.25) is 4.79 Å². The molecule has 0 atom stereocenters. The van der Waals surface area contributed by atoms with Gasteiger partial charge in [-0.1, -0.05) is 0 Å². The lowest BCUT2D eigenvalue weighted by Gasteiger charge is -2.15. The predicted octanol–water partition coefficient (Wildman–Crippen LogP) is 2.58. The molecular weight excluding hydrogens is 294 g/mol. The van der Waals surface area contributed by atoms with Crippen molar-refractivity contribution in [3.63, 3.8) is 0 Å². The number of likely N-dealkylation sites (tertiary alicyclic amines) is 1. The maximum Gasteiger partial charge on any atom is 0.224 e. The van der Waals surface area contributed by atoms with Crippen LogP contribution in [0.4, 0.5) is 5.82 Å². The zero-order chi connectivity index (χ0) is 13.0. The number of nitrogens with zero attached hydrogens (tertiary/aromatic N) is 2. The number of carbonyl (C=O) groups is 1. The second-order valence-corrected chi connectivity index (χ2v) is 5.35. The Balaban J connectivity index is 1.81. The van der Waals surface area contributed by atoms with Crippen LogP contribution in [0.15, 0.2) is 16.7 Å². The Morgan fingerprint density at radius 2 is 2.22 bits per heavy atom. The van der Waals surface area contributed by atoms with E-state index in [1.165, 1.54) is 0 Å². The van der Waals surface area contributed by atoms with Gasteiger partial charge in [0.2, 0.25) is 5.91 Å². The molecule has 0 unspecified atom stereocenters. The number of rotatable bonds is 4. The van der Waals surface area contributed by atoms with E-state index < -0.39 is 0 Å². The van der Waals surface area contributed by atoms with Crippen LogP contribution in [-0.4, -0.2) is 35.4 Å². The Labute approximate surface area is 116 Å². The highest BCUT2D eigenvalue weighted by Crippen LogP contribution is 2.23. The fourth-order valence-electron chi connectivity index (χ4n) is 2.08. The molecule has 1 saturated heterocycles. The Bertz CT molecular complexity index is 430. The highest BCUT2D eigenvalue weighted by molar-refractivity contribution is 9.10. The van der Waals surface area contributed by atoms with Crippen LogP contribution in [0.3, 0.4) is 0 Å². The van der Waals surface area contributed by atoms with Gasteiger partial charge in [-0.15, -0.1) is 0 Å². The normalized spacial score (nSPS) is 14.9. The second kappa shape index (κ2) is 6.18. The van der Waals surface area contributed by atoms with E-state index in [0.29, 0.717) is 13.0 Å². The number of anilines is 1. The molecule has 4 nitrogen and oxygen atoms in total. The molecular formula is C13H18BrN3O. The van der Waals surface area contributed by atoms with Crippen molar-refractivity contribution in [2.75, 3.05) is 25.0 Å². The van der Waals surface area contributed by atoms with Gasteiger partial charge < -0.3 is 10.2 Å². The van der Waals surface area contributed by atoms with Crippen molar-refractivity contribution in [3.8, 4) is 0 Å². The van der Waals surface area contributed by atoms with Gasteiger partial charge in [-0.2, -0.15) is 0 Å². The smallest absolute Gasteiger partial charge is 0.224 e. The largest absolute Gasteiger partial charge is 0.369 e. The molecule has 1 N–H and O–H groups in total. The molecule has 0 radical (unpaired) electrons. The lowest BCUT2D eigenvalue weighted by Crippen LogP contribution is -2.29. The first-order chi connectivity index (χ1) is 8.68. The van der Waals surface area contributed by atoms with Gasteiger partial charge in [0.1, 0.15) is 5.82 Å². The average Bonchev–Trinajstić information content (AvgIpc) is 2.88. The first-order valence-corrected chi connectivity index (χ1v) is 7.10. The molecule has 2 heterocycles. The van der Waals surface area contributed by atoms with Crippen molar-refractivity contribution in [1.29, 1.82) is 0 Å². The van der Waals surface area contributed by atoms with E-state index >= 15 is 0 Å². The molecule has 1 aliphatic rings. The number of amides is 1. The number of pyridine rings is 1. The number of hydrogen-bond acceptors (Lipinski definition) is 3. The lowest BCUT2D eigenvalue weighted by atomic mass is 10.3. The summed E-state index contributed by atoms with van der Waals surface area (Å²) in [5.41, 5.74) is 1.14. The summed E-state index contributed by atoms with van der Waals surface area (Å²) in [6, 6.07) is 1.95. The molecule has 98 valence electrons. The number of hydrogen-bond donors (Lipinski definition) is 1. The number of nitrogens with one attached hydrogen (secondary N) is 1. The fourth-order valence-corrected chi connectivity index (χ4v) is 2.45. The zero-order valence-corrected chi connectivity index (χ0v) is 12.2. The van der Waals surface area contributed by atoms with Gasteiger partial charge in [0, 0.05) is 32.3 Å². The Morgan fingerprint density at radius 3 is 2.94 bits per heavy atom. The molecule has 1 aromatic heterocycles. The molecule has 2 rings (SSSR count). The van der Waals surface area contributed by atoms with Crippen LogP contribution in [0.5, 0.6) is 0 Å². The third kappa shape index (κ3) is 3.22. The van der Waals surface area contributed by atoms with E-state index in [0.717, 1.165) is 41.8 Å². The van der Waals surface area contributed by atoms with E-state index in [1.807, 2.05) is 17.9 Å². The van der Waals surface area contributed by atoms with E-state index in [1.54, 1.807) is 6.20 Å². The summed E-state index contributed by atoms with van der Waals surface area (Å²) >= 11 is 3.49. The molecule has 1 fully saturated rings. The summed E-state index contributed by atoms with van der Waals surface area (Å²) in [7, 11) is 0. The van der Waals surface area contributed by atoms with Crippen molar-refractivity contribution in [2.45, 2.75) is 26.2 Å². The quantitative estimate of drug-likeness (QED) is 0.929. The number of aryl methyl sites for hydroxylation is 1. The molecule has 0 bridgehead atoms. The maximum absolute atomic E-state index is 11.8. The molecule has 0 spiro atoms. The second-order valence-electron chi connectivity index (χ2n) is 4.56. The monoisotopic (exact) mass is 311 g/mol. The Hall–Kier alpha value is -1.10. The van der Waals surface area contributed by atoms with Gasteiger partial charge in [-0.25, -0.2) is 4.98 Å². The molecule has 1 aliphatic heterocycles. The summed E-state index contributed by atoms with van der Waals surface area (Å²) in [5.74, 6) is 1.05. The molecule has 0 aromatic carbocycles. The predicted molar refractivity (Wildman–Crippen MR) is 75.6 cm³/mol. The van der Waals surface area contributed by atoms with Gasteiger partial charge in [0.25, 0.3) is 0 Å². The minimum atomic E-state index is 0.240. The number of carbonyl (C=O) groups excluding carboxylic acids is 1. The van der Waals surface area contributed by atoms with Crippen LogP contribution in [0.1, 0.15) is 24.8 Å². The summed E-state index contributed by atoms with van der Waals surface area (Å²) in [5, 5.41) is 3.20. The lowest BCUT2D eigenvalue weighted by molar-refractivity contribution is -0.129. The first-order valence-electron chi connectivity index (χ1n) is 6.31. The number of aromatic nitrogens is 1. The summed E-state index contributed by atoms with van der Waals surface area (Å²) < 4.78 is 0.971. The third-order valence-electron chi connectivity index (χ3n) is 3.17. The van der Waals surface area contributed by atoms with Gasteiger partial charge in [-0.05, 0) is 47.3 Å². The van der Waals surface area contributed by atoms with E-state index in [2.05, 4.69) is 26.2 Å². The Kier molecular flexibility index (Phi) is 4.58. The van der Waals surface area contributed by atoms with Crippen LogP contribution < -0.4 is 5.32 Å². The van der Waals surface area contributed by atoms with E-state index in [4.69, 9.17) is 0 Å². The third-order valence-corrected chi connectivity index (χ3v) is 4.17. The summed E-state index contributed by atoms with van der Waals surface area (Å²) in [6.07, 6.45) is 4.58. The van der Waals surface area contributed by atoms with Gasteiger partial charge >= 0.3 is 0 Å². The first kappa shape index (κ1) is 13.3. The van der Waals surface area contributed by atoms with Crippen molar-refractivity contribution >= 4 is 27.7 Å². The Morgan fingerprint density at radius 1 is 1.50 bits per heavy atom. The summed E-state index contributed by atoms with van der Waals surface area (Å²) in [6.45, 7) is 4.49. The van der Waals surface area contributed by atoms with Gasteiger partial charge in [0.05, 0.1) is 4.47 Å². The topological polar surface area (TPSA) is 45.2 Å². The summed E-state index contributed by atoms with van der Waals surface area (Å²) in [4.78, 5) is 18.0. The van der Waals surface area contributed by atoms with Crippen LogP contribution in [0.25, 0.3) is 0 Å². The minimum Gasteiger partial charge on any atom is -0.369 e. The molecule has 0 saturated carbocycles. The molecule has 0 aliphatic carbocycles. The highest BCUT2D eigenvalue weighted by atomic mass is 79.9. The van der Waals surface area contributed by atoms with Crippen molar-refractivity contribution < 1.29 is 4.79 Å². The van der Waals surface area contributed by atoms with Crippen molar-refractivity contribution in [3.05, 3.63) is 22.3 Å². The van der Waals surface area contributed by atoms with Crippen molar-refractivity contribution in [1.82, 2.24) is 9.88 Å². The number of halogens is 1. The highest BCUT2D eigenvalue weighted by Gasteiger charge is 2.17. The van der Waals surface area contributed by atoms with Crippen LogP contribution in [0.2, 0.25) is 0 Å². The maximum atomic E-state index is 11.8. The molecule has 18 heavy (non-hydrogen) atoms. The van der Waals surface area contributed by atoms with Gasteiger partial charge in [0.15, 0.2) is 0 Å². The minimum absolute atomic E-state index is 0.240. The van der Waals surface area contributed by atoms with Crippen molar-refractivity contribution in [2.24, 2.45) is 0 Å². The van der Waals surface area contributed by atoms with E-state index in [-0.39, 0.29) is 5.91 Å². The van der Waals surface area contributed by atoms with Crippen LogP contribution >= 0.6 is 15.9 Å². The van der Waals surface area contributed by atoms with Crippen LogP contribution in [0, 0.1) is 6.92 Å². The molecule has 5 heteroatoms. The van der Waals surface area contributed by atoms with Crippen LogP contribution in [-0.2, 0) is 4.79 Å². The average molecular weight is 312 g/mol. The SMILES string of the molecule is Cc1ccnc(NCCC(=O)N2CCCC2)c1Br. The fraction of sp³-hybridized carbons (Fsp3) is 0.538. The van der Waals surface area contributed by atoms with E-state index in [9.17, 15) is 4.79 Å². The zero-order valence-electron chi connectivity index (χ0n) is 10.6. The molecule has 1 aromatic rings. The standard InChI is InChI=1S/C13H18BrN3O/c1-10-4-6-15-13(12(10)14)16-7-5-11(18)17-8-2-3-9-17/h4,6H,2-3,5,7-9H2,1H3,(H,15,16).